The molecule has 0 fully saturated rings. The molecule has 0 bridgehead atoms. The van der Waals surface area contributed by atoms with Gasteiger partial charge in [0.25, 0.3) is 5.91 Å². The fourth-order valence-electron chi connectivity index (χ4n) is 1.37. The van der Waals surface area contributed by atoms with Crippen molar-refractivity contribution in [1.82, 2.24) is 5.32 Å². The van der Waals surface area contributed by atoms with E-state index in [2.05, 4.69) is 21.2 Å². The van der Waals surface area contributed by atoms with Gasteiger partial charge in [0.15, 0.2) is 0 Å². The number of alkyl halides is 1. The first kappa shape index (κ1) is 14.5. The number of aryl methyl sites for hydroxylation is 1. The highest BCUT2D eigenvalue weighted by molar-refractivity contribution is 9.10. The quantitative estimate of drug-likeness (QED) is 0.838. The average Bonchev–Trinajstić information content (AvgIpc) is 2.32. The Bertz CT molecular complexity index is 416. The maximum absolute atomic E-state index is 12.2. The lowest BCUT2D eigenvalue weighted by Gasteiger charge is -2.27. The van der Waals surface area contributed by atoms with E-state index in [1.54, 1.807) is 0 Å². The number of benzene rings is 1. The molecule has 1 atom stereocenters. The molecule has 0 aliphatic carbocycles. The van der Waals surface area contributed by atoms with Crippen molar-refractivity contribution in [3.05, 3.63) is 33.8 Å². The maximum Gasteiger partial charge on any atom is 0.252 e. The van der Waals surface area contributed by atoms with Gasteiger partial charge < -0.3 is 5.32 Å². The van der Waals surface area contributed by atoms with Crippen molar-refractivity contribution in [3.63, 3.8) is 0 Å². The molecule has 0 saturated heterocycles. The lowest BCUT2D eigenvalue weighted by molar-refractivity contribution is 0.0911. The number of carbonyl (C=O) groups excluding carboxylic acids is 1. The number of nitrogens with one attached hydrogen (secondary N) is 1. The third kappa shape index (κ3) is 3.71. The molecule has 94 valence electrons. The van der Waals surface area contributed by atoms with Crippen LogP contribution in [0.3, 0.4) is 0 Å². The van der Waals surface area contributed by atoms with Crippen LogP contribution in [0.5, 0.6) is 0 Å². The van der Waals surface area contributed by atoms with E-state index in [9.17, 15) is 4.79 Å². The molecule has 1 N–H and O–H groups in total. The second-order valence-corrected chi connectivity index (χ2v) is 5.61. The van der Waals surface area contributed by atoms with Crippen LogP contribution in [0.25, 0.3) is 0 Å². The van der Waals surface area contributed by atoms with Crippen LogP contribution in [0.2, 0.25) is 0 Å². The molecule has 4 heteroatoms. The number of carbonyl (C=O) groups is 1. The van der Waals surface area contributed by atoms with Crippen molar-refractivity contribution in [2.45, 2.75) is 32.7 Å². The molecular weight excluding hydrogens is 302 g/mol. The van der Waals surface area contributed by atoms with E-state index in [0.29, 0.717) is 11.4 Å². The van der Waals surface area contributed by atoms with Crippen molar-refractivity contribution < 1.29 is 4.79 Å². The van der Waals surface area contributed by atoms with Gasteiger partial charge in [0.2, 0.25) is 0 Å². The van der Waals surface area contributed by atoms with Crippen LogP contribution in [0, 0.1) is 6.92 Å². The van der Waals surface area contributed by atoms with Gasteiger partial charge in [0.05, 0.1) is 11.1 Å². The summed E-state index contributed by atoms with van der Waals surface area (Å²) in [7, 11) is 0. The second-order valence-electron chi connectivity index (χ2n) is 4.49. The molecule has 0 aliphatic rings. The van der Waals surface area contributed by atoms with Gasteiger partial charge in [0.1, 0.15) is 0 Å². The van der Waals surface area contributed by atoms with E-state index in [1.165, 1.54) is 0 Å². The van der Waals surface area contributed by atoms with Crippen LogP contribution in [0.15, 0.2) is 22.7 Å². The van der Waals surface area contributed by atoms with E-state index < -0.39 is 0 Å². The van der Waals surface area contributed by atoms with Gasteiger partial charge in [0, 0.05) is 10.4 Å². The van der Waals surface area contributed by atoms with Gasteiger partial charge in [-0.1, -0.05) is 18.6 Å². The number of hydrogen-bond acceptors (Lipinski definition) is 1. The normalized spacial score (nSPS) is 14.2. The third-order valence-electron chi connectivity index (χ3n) is 2.86. The van der Waals surface area contributed by atoms with E-state index >= 15 is 0 Å². The van der Waals surface area contributed by atoms with Gasteiger partial charge in [-0.05, 0) is 48.3 Å². The van der Waals surface area contributed by atoms with E-state index in [4.69, 9.17) is 11.6 Å². The summed E-state index contributed by atoms with van der Waals surface area (Å²) >= 11 is 9.27. The Morgan fingerprint density at radius 3 is 2.71 bits per heavy atom. The summed E-state index contributed by atoms with van der Waals surface area (Å²) in [5.74, 6) is 0.309. The van der Waals surface area contributed by atoms with Gasteiger partial charge >= 0.3 is 0 Å². The predicted molar refractivity (Wildman–Crippen MR) is 75.8 cm³/mol. The molecule has 0 aromatic heterocycles. The first-order valence-corrected chi connectivity index (χ1v) is 6.89. The summed E-state index contributed by atoms with van der Waals surface area (Å²) in [4.78, 5) is 12.2. The highest BCUT2D eigenvalue weighted by atomic mass is 79.9. The molecule has 0 spiro atoms. The van der Waals surface area contributed by atoms with Gasteiger partial charge in [-0.2, -0.15) is 0 Å². The zero-order chi connectivity index (χ0) is 13.1. The molecule has 1 aromatic rings. The molecule has 1 unspecified atom stereocenters. The molecule has 0 heterocycles. The standard InChI is InChI=1S/C13H17BrClNO/c1-4-13(3,8-15)16-12(17)10-7-9(2)5-6-11(10)14/h5-7H,4,8H2,1-3H3,(H,16,17). The number of rotatable bonds is 4. The molecule has 1 amide bonds. The number of halogens is 2. The summed E-state index contributed by atoms with van der Waals surface area (Å²) in [5.41, 5.74) is 1.35. The Hall–Kier alpha value is -0.540. The Kier molecular flexibility index (Phi) is 5.02. The van der Waals surface area contributed by atoms with Crippen LogP contribution in [0.1, 0.15) is 36.2 Å². The summed E-state index contributed by atoms with van der Waals surface area (Å²) in [6, 6.07) is 5.71. The van der Waals surface area contributed by atoms with Gasteiger partial charge in [-0.15, -0.1) is 11.6 Å². The zero-order valence-corrected chi connectivity index (χ0v) is 12.7. The largest absolute Gasteiger partial charge is 0.346 e. The highest BCUT2D eigenvalue weighted by Crippen LogP contribution is 2.20. The lowest BCUT2D eigenvalue weighted by atomic mass is 10.0. The van der Waals surface area contributed by atoms with E-state index in [1.807, 2.05) is 39.0 Å². The topological polar surface area (TPSA) is 29.1 Å². The van der Waals surface area contributed by atoms with Crippen LogP contribution < -0.4 is 5.32 Å². The predicted octanol–water partition coefficient (Wildman–Crippen LogP) is 3.89. The molecule has 17 heavy (non-hydrogen) atoms. The van der Waals surface area contributed by atoms with Crippen molar-refractivity contribution in [2.75, 3.05) is 5.88 Å². The SMILES string of the molecule is CCC(C)(CCl)NC(=O)c1cc(C)ccc1Br. The van der Waals surface area contributed by atoms with Crippen molar-refractivity contribution >= 4 is 33.4 Å². The first-order chi connectivity index (χ1) is 7.91. The fourth-order valence-corrected chi connectivity index (χ4v) is 2.05. The van der Waals surface area contributed by atoms with Crippen molar-refractivity contribution in [3.8, 4) is 0 Å². The minimum Gasteiger partial charge on any atom is -0.346 e. The molecular formula is C13H17BrClNO. The monoisotopic (exact) mass is 317 g/mol. The van der Waals surface area contributed by atoms with Crippen LogP contribution >= 0.6 is 27.5 Å². The smallest absolute Gasteiger partial charge is 0.252 e. The molecule has 1 aromatic carbocycles. The summed E-state index contributed by atoms with van der Waals surface area (Å²) < 4.78 is 0.800. The molecule has 0 radical (unpaired) electrons. The van der Waals surface area contributed by atoms with Gasteiger partial charge in [-0.3, -0.25) is 4.79 Å². The summed E-state index contributed by atoms with van der Waals surface area (Å²) in [6.45, 7) is 5.92. The zero-order valence-electron chi connectivity index (χ0n) is 10.3. The molecule has 2 nitrogen and oxygen atoms in total. The minimum atomic E-state index is -0.359. The second kappa shape index (κ2) is 5.87. The molecule has 0 aliphatic heterocycles. The van der Waals surface area contributed by atoms with E-state index in [0.717, 1.165) is 16.5 Å². The first-order valence-electron chi connectivity index (χ1n) is 5.56. The van der Waals surface area contributed by atoms with Crippen LogP contribution in [0.4, 0.5) is 0 Å². The van der Waals surface area contributed by atoms with Crippen LogP contribution in [-0.2, 0) is 0 Å². The maximum atomic E-state index is 12.2. The minimum absolute atomic E-state index is 0.0921. The van der Waals surface area contributed by atoms with Crippen LogP contribution in [-0.4, -0.2) is 17.3 Å². The Labute approximate surface area is 116 Å². The summed E-state index contributed by atoms with van der Waals surface area (Å²) in [5, 5.41) is 2.98. The third-order valence-corrected chi connectivity index (χ3v) is 4.14. The number of hydrogen-bond donors (Lipinski definition) is 1. The van der Waals surface area contributed by atoms with Crippen molar-refractivity contribution in [1.29, 1.82) is 0 Å². The Balaban J connectivity index is 2.94. The highest BCUT2D eigenvalue weighted by Gasteiger charge is 2.24. The number of amides is 1. The summed E-state index contributed by atoms with van der Waals surface area (Å²) in [6.07, 6.45) is 0.797. The Morgan fingerprint density at radius 2 is 2.18 bits per heavy atom. The fraction of sp³-hybridized carbons (Fsp3) is 0.462. The van der Waals surface area contributed by atoms with Crippen molar-refractivity contribution in [2.24, 2.45) is 0 Å². The molecule has 0 saturated carbocycles. The lowest BCUT2D eigenvalue weighted by Crippen LogP contribution is -2.47. The van der Waals surface area contributed by atoms with Gasteiger partial charge in [-0.25, -0.2) is 0 Å². The average molecular weight is 319 g/mol. The Morgan fingerprint density at radius 1 is 1.53 bits per heavy atom. The molecule has 1 rings (SSSR count). The van der Waals surface area contributed by atoms with E-state index in [-0.39, 0.29) is 11.4 Å².